The van der Waals surface area contributed by atoms with Crippen LogP contribution in [0.15, 0.2) is 53.4 Å². The summed E-state index contributed by atoms with van der Waals surface area (Å²) in [5.41, 5.74) is -8.01. The maximum Gasteiger partial charge on any atom is 0.430 e. The van der Waals surface area contributed by atoms with Crippen molar-refractivity contribution in [1.82, 2.24) is 0 Å². The van der Waals surface area contributed by atoms with Crippen molar-refractivity contribution in [3.8, 4) is 0 Å². The second-order valence-corrected chi connectivity index (χ2v) is 8.64. The summed E-state index contributed by atoms with van der Waals surface area (Å²) in [4.78, 5) is -0.708. The summed E-state index contributed by atoms with van der Waals surface area (Å²) >= 11 is 5.65. The summed E-state index contributed by atoms with van der Waals surface area (Å²) in [5, 5.41) is 9.20. The van der Waals surface area contributed by atoms with Crippen LogP contribution in [0.4, 0.5) is 45.2 Å². The molecule has 2 rings (SSSR count). The third kappa shape index (κ3) is 5.07. The first-order valence-electron chi connectivity index (χ1n) is 8.12. The molecule has 178 valence electrons. The number of hydrogen-bond acceptors (Lipinski definition) is 3. The third-order valence-corrected chi connectivity index (χ3v) is 6.11. The van der Waals surface area contributed by atoms with Crippen molar-refractivity contribution in [2.24, 2.45) is 0 Å². The van der Waals surface area contributed by atoms with Gasteiger partial charge < -0.3 is 5.11 Å². The van der Waals surface area contributed by atoms with Gasteiger partial charge in [0.2, 0.25) is 0 Å². The van der Waals surface area contributed by atoms with Crippen LogP contribution in [0.1, 0.15) is 5.56 Å². The van der Waals surface area contributed by atoms with Crippen LogP contribution in [-0.2, 0) is 15.6 Å². The lowest BCUT2D eigenvalue weighted by atomic mass is 9.92. The second kappa shape index (κ2) is 8.30. The number of aliphatic hydroxyl groups is 1. The van der Waals surface area contributed by atoms with E-state index >= 15 is 0 Å². The van der Waals surface area contributed by atoms with Gasteiger partial charge in [0.1, 0.15) is 6.54 Å². The molecular formula is C17H11ClF9NO3S. The highest BCUT2D eigenvalue weighted by Gasteiger charge is 2.71. The molecule has 0 spiro atoms. The normalized spacial score (nSPS) is 13.8. The van der Waals surface area contributed by atoms with Crippen molar-refractivity contribution in [1.29, 1.82) is 0 Å². The van der Waals surface area contributed by atoms with Crippen molar-refractivity contribution in [3.05, 3.63) is 59.1 Å². The number of hydrogen-bond donors (Lipinski definition) is 1. The Balaban J connectivity index is 2.63. The average Bonchev–Trinajstić information content (AvgIpc) is 2.63. The number of sulfonamides is 1. The van der Waals surface area contributed by atoms with E-state index in [1.165, 1.54) is 6.07 Å². The van der Waals surface area contributed by atoms with Crippen molar-refractivity contribution >= 4 is 27.3 Å². The average molecular weight is 516 g/mol. The van der Waals surface area contributed by atoms with E-state index in [0.29, 0.717) is 0 Å². The largest absolute Gasteiger partial charge is 0.430 e. The minimum absolute atomic E-state index is 0.0349. The summed E-state index contributed by atoms with van der Waals surface area (Å²) in [7, 11) is -4.99. The van der Waals surface area contributed by atoms with Crippen molar-refractivity contribution in [2.75, 3.05) is 10.8 Å². The third-order valence-electron chi connectivity index (χ3n) is 4.10. The molecule has 2 aromatic rings. The van der Waals surface area contributed by atoms with E-state index in [0.717, 1.165) is 18.2 Å². The van der Waals surface area contributed by atoms with E-state index in [1.54, 1.807) is 0 Å². The van der Waals surface area contributed by atoms with Crippen LogP contribution in [-0.4, -0.2) is 38.6 Å². The van der Waals surface area contributed by atoms with E-state index < -0.39 is 56.8 Å². The Kier molecular flexibility index (Phi) is 6.76. The monoisotopic (exact) mass is 515 g/mol. The number of benzene rings is 2. The van der Waals surface area contributed by atoms with Gasteiger partial charge in [-0.05, 0) is 30.3 Å². The van der Waals surface area contributed by atoms with E-state index in [4.69, 9.17) is 11.6 Å². The summed E-state index contributed by atoms with van der Waals surface area (Å²) in [5.74, 6) is 0. The lowest BCUT2D eigenvalue weighted by Crippen LogP contribution is -2.53. The van der Waals surface area contributed by atoms with Crippen LogP contribution in [0.5, 0.6) is 0 Å². The first-order chi connectivity index (χ1) is 14.3. The molecule has 0 amide bonds. The van der Waals surface area contributed by atoms with Gasteiger partial charge in [-0.3, -0.25) is 4.31 Å². The number of halogens is 10. The molecule has 4 nitrogen and oxygen atoms in total. The van der Waals surface area contributed by atoms with Crippen LogP contribution < -0.4 is 4.31 Å². The number of nitrogens with zero attached hydrogens (tertiary/aromatic N) is 1. The molecule has 0 atom stereocenters. The zero-order valence-electron chi connectivity index (χ0n) is 15.2. The van der Waals surface area contributed by atoms with Crippen LogP contribution in [0.25, 0.3) is 0 Å². The Labute approximate surface area is 179 Å². The van der Waals surface area contributed by atoms with E-state index in [9.17, 15) is 53.0 Å². The number of anilines is 1. The molecule has 0 fully saturated rings. The maximum absolute atomic E-state index is 13.0. The quantitative estimate of drug-likeness (QED) is 0.542. The van der Waals surface area contributed by atoms with Crippen LogP contribution >= 0.6 is 11.6 Å². The van der Waals surface area contributed by atoms with Gasteiger partial charge in [0, 0.05) is 10.6 Å². The topological polar surface area (TPSA) is 57.6 Å². The maximum atomic E-state index is 13.0. The lowest BCUT2D eigenvalue weighted by molar-refractivity contribution is -0.376. The molecule has 15 heteroatoms. The SMILES string of the molecule is O=S(=O)(c1cccc(Cl)c1)N(CC(F)(F)F)c1ccc(C(O)(C(F)(F)F)C(F)(F)F)cc1. The number of alkyl halides is 9. The molecule has 0 aliphatic heterocycles. The molecular weight excluding hydrogens is 505 g/mol. The Morgan fingerprint density at radius 2 is 1.34 bits per heavy atom. The molecule has 0 heterocycles. The molecule has 2 aromatic carbocycles. The van der Waals surface area contributed by atoms with Gasteiger partial charge in [0.15, 0.2) is 0 Å². The molecule has 0 aliphatic rings. The molecule has 0 saturated carbocycles. The lowest BCUT2D eigenvalue weighted by Gasteiger charge is -2.33. The van der Waals surface area contributed by atoms with E-state index in [2.05, 4.69) is 0 Å². The fourth-order valence-corrected chi connectivity index (χ4v) is 4.34. The highest BCUT2D eigenvalue weighted by atomic mass is 35.5. The summed E-state index contributed by atoms with van der Waals surface area (Å²) in [6, 6.07) is 4.67. The first kappa shape index (κ1) is 26.1. The molecule has 0 saturated heterocycles. The van der Waals surface area contributed by atoms with Gasteiger partial charge in [-0.15, -0.1) is 0 Å². The van der Waals surface area contributed by atoms with Gasteiger partial charge in [-0.1, -0.05) is 29.8 Å². The molecule has 0 aliphatic carbocycles. The van der Waals surface area contributed by atoms with Gasteiger partial charge in [-0.2, -0.15) is 39.5 Å². The second-order valence-electron chi connectivity index (χ2n) is 6.34. The van der Waals surface area contributed by atoms with Gasteiger partial charge in [0.05, 0.1) is 10.6 Å². The van der Waals surface area contributed by atoms with Crippen molar-refractivity contribution < 1.29 is 53.0 Å². The fourth-order valence-electron chi connectivity index (χ4n) is 2.59. The molecule has 0 bridgehead atoms. The summed E-state index contributed by atoms with van der Waals surface area (Å²) < 4.78 is 142. The molecule has 0 unspecified atom stereocenters. The standard InChI is InChI=1S/C17H11ClF9NO3S/c18-11-2-1-3-13(8-11)32(30,31)28(9-14(19,20)21)12-6-4-10(5-7-12)15(29,16(22,23)24)17(25,26)27/h1-8,29H,9H2. The first-order valence-corrected chi connectivity index (χ1v) is 9.94. The molecule has 1 N–H and O–H groups in total. The Hall–Kier alpha value is -2.19. The van der Waals surface area contributed by atoms with Crippen molar-refractivity contribution in [2.45, 2.75) is 29.0 Å². The van der Waals surface area contributed by atoms with E-state index in [1.807, 2.05) is 0 Å². The fraction of sp³-hybridized carbons (Fsp3) is 0.294. The predicted molar refractivity (Wildman–Crippen MR) is 94.5 cm³/mol. The molecule has 32 heavy (non-hydrogen) atoms. The smallest absolute Gasteiger partial charge is 0.369 e. The summed E-state index contributed by atoms with van der Waals surface area (Å²) in [6.07, 6.45) is -17.6. The minimum atomic E-state index is -6.23. The van der Waals surface area contributed by atoms with Crippen LogP contribution in [0.3, 0.4) is 0 Å². The molecule has 0 aromatic heterocycles. The zero-order chi connectivity index (χ0) is 24.8. The van der Waals surface area contributed by atoms with Gasteiger partial charge in [0.25, 0.3) is 15.6 Å². The highest BCUT2D eigenvalue weighted by molar-refractivity contribution is 7.92. The zero-order valence-corrected chi connectivity index (χ0v) is 16.8. The Morgan fingerprint density at radius 3 is 1.75 bits per heavy atom. The summed E-state index contributed by atoms with van der Waals surface area (Å²) in [6.45, 7) is -2.15. The molecule has 0 radical (unpaired) electrons. The highest BCUT2D eigenvalue weighted by Crippen LogP contribution is 2.50. The minimum Gasteiger partial charge on any atom is -0.369 e. The Bertz CT molecular complexity index is 1050. The van der Waals surface area contributed by atoms with E-state index in [-0.39, 0.29) is 33.6 Å². The van der Waals surface area contributed by atoms with Gasteiger partial charge >= 0.3 is 18.5 Å². The van der Waals surface area contributed by atoms with Gasteiger partial charge in [-0.25, -0.2) is 8.42 Å². The van der Waals surface area contributed by atoms with Crippen LogP contribution in [0, 0.1) is 0 Å². The predicted octanol–water partition coefficient (Wildman–Crippen LogP) is 5.41. The van der Waals surface area contributed by atoms with Crippen molar-refractivity contribution in [3.63, 3.8) is 0 Å². The van der Waals surface area contributed by atoms with Crippen LogP contribution in [0.2, 0.25) is 5.02 Å². The number of rotatable bonds is 5. The Morgan fingerprint density at radius 1 is 0.844 bits per heavy atom.